The molecule has 1 heterocycles. The maximum atomic E-state index is 12.8. The molecular formula is C8H3Cl2FS. The van der Waals surface area contributed by atoms with E-state index in [9.17, 15) is 4.39 Å². The molecule has 4 heteroatoms. The molecule has 62 valence electrons. The highest BCUT2D eigenvalue weighted by Crippen LogP contribution is 2.35. The van der Waals surface area contributed by atoms with Crippen LogP contribution in [0.2, 0.25) is 10.0 Å². The Kier molecular flexibility index (Phi) is 1.99. The zero-order chi connectivity index (χ0) is 8.72. The van der Waals surface area contributed by atoms with Crippen molar-refractivity contribution in [3.05, 3.63) is 33.4 Å². The molecule has 12 heavy (non-hydrogen) atoms. The zero-order valence-corrected chi connectivity index (χ0v) is 8.10. The highest BCUT2D eigenvalue weighted by Gasteiger charge is 2.07. The Bertz CT molecular complexity index is 436. The Balaban J connectivity index is 2.93. The van der Waals surface area contributed by atoms with Crippen LogP contribution in [0.25, 0.3) is 10.1 Å². The van der Waals surface area contributed by atoms with Crippen molar-refractivity contribution in [2.24, 2.45) is 0 Å². The SMILES string of the molecule is Fc1cc(Cl)c2c(Cl)csc2c1. The van der Waals surface area contributed by atoms with Gasteiger partial charge in [0.15, 0.2) is 0 Å². The fourth-order valence-corrected chi connectivity index (χ4v) is 2.72. The normalized spacial score (nSPS) is 10.9. The van der Waals surface area contributed by atoms with Crippen LogP contribution in [0.4, 0.5) is 4.39 Å². The van der Waals surface area contributed by atoms with E-state index in [2.05, 4.69) is 0 Å². The average molecular weight is 221 g/mol. The van der Waals surface area contributed by atoms with Gasteiger partial charge in [0, 0.05) is 15.5 Å². The Morgan fingerprint density at radius 3 is 2.67 bits per heavy atom. The van der Waals surface area contributed by atoms with Crippen LogP contribution >= 0.6 is 34.5 Å². The van der Waals surface area contributed by atoms with Crippen molar-refractivity contribution in [3.8, 4) is 0 Å². The first-order chi connectivity index (χ1) is 5.68. The van der Waals surface area contributed by atoms with Crippen molar-refractivity contribution < 1.29 is 4.39 Å². The molecule has 0 aliphatic heterocycles. The van der Waals surface area contributed by atoms with Gasteiger partial charge in [0.05, 0.1) is 10.0 Å². The first kappa shape index (κ1) is 8.30. The van der Waals surface area contributed by atoms with Crippen molar-refractivity contribution in [1.82, 2.24) is 0 Å². The topological polar surface area (TPSA) is 0 Å². The van der Waals surface area contributed by atoms with Gasteiger partial charge >= 0.3 is 0 Å². The van der Waals surface area contributed by atoms with Gasteiger partial charge in [-0.05, 0) is 12.1 Å². The van der Waals surface area contributed by atoms with Crippen molar-refractivity contribution in [3.63, 3.8) is 0 Å². The standard InChI is InChI=1S/C8H3Cl2FS/c9-5-1-4(11)2-7-8(5)6(10)3-12-7/h1-3H. The summed E-state index contributed by atoms with van der Waals surface area (Å²) in [4.78, 5) is 0. The minimum absolute atomic E-state index is 0.328. The Morgan fingerprint density at radius 2 is 1.92 bits per heavy atom. The molecule has 1 aromatic carbocycles. The first-order valence-corrected chi connectivity index (χ1v) is 4.84. The molecule has 0 atom stereocenters. The van der Waals surface area contributed by atoms with E-state index in [0.29, 0.717) is 10.0 Å². The number of halogens is 3. The Labute approximate surface area is 82.5 Å². The van der Waals surface area contributed by atoms with Gasteiger partial charge in [-0.2, -0.15) is 0 Å². The van der Waals surface area contributed by atoms with Gasteiger partial charge < -0.3 is 0 Å². The molecule has 2 rings (SSSR count). The predicted octanol–water partition coefficient (Wildman–Crippen LogP) is 4.35. The summed E-state index contributed by atoms with van der Waals surface area (Å²) < 4.78 is 13.6. The third-order valence-electron chi connectivity index (χ3n) is 1.55. The van der Waals surface area contributed by atoms with E-state index in [1.54, 1.807) is 5.38 Å². The summed E-state index contributed by atoms with van der Waals surface area (Å²) >= 11 is 13.0. The van der Waals surface area contributed by atoms with Crippen LogP contribution in [-0.4, -0.2) is 0 Å². The van der Waals surface area contributed by atoms with Crippen LogP contribution in [0.5, 0.6) is 0 Å². The molecule has 0 bridgehead atoms. The molecule has 0 amide bonds. The number of thiophene rings is 1. The van der Waals surface area contributed by atoms with Crippen LogP contribution in [0.1, 0.15) is 0 Å². The minimum atomic E-state index is -0.328. The quantitative estimate of drug-likeness (QED) is 0.620. The summed E-state index contributed by atoms with van der Waals surface area (Å²) in [6.45, 7) is 0. The Hall–Kier alpha value is -0.310. The van der Waals surface area contributed by atoms with Gasteiger partial charge in [0.25, 0.3) is 0 Å². The molecule has 0 saturated heterocycles. The summed E-state index contributed by atoms with van der Waals surface area (Å²) in [7, 11) is 0. The summed E-state index contributed by atoms with van der Waals surface area (Å²) in [5, 5.41) is 3.44. The third-order valence-corrected chi connectivity index (χ3v) is 3.20. The monoisotopic (exact) mass is 220 g/mol. The lowest BCUT2D eigenvalue weighted by Crippen LogP contribution is -1.73. The first-order valence-electron chi connectivity index (χ1n) is 3.20. The summed E-state index contributed by atoms with van der Waals surface area (Å²) in [6, 6.07) is 2.69. The lowest BCUT2D eigenvalue weighted by molar-refractivity contribution is 0.630. The molecule has 0 fully saturated rings. The molecule has 1 aromatic heterocycles. The molecule has 0 aliphatic rings. The van der Waals surface area contributed by atoms with E-state index < -0.39 is 0 Å². The number of rotatable bonds is 0. The van der Waals surface area contributed by atoms with Crippen LogP contribution in [0, 0.1) is 5.82 Å². The second-order valence-corrected chi connectivity index (χ2v) is 4.07. The van der Waals surface area contributed by atoms with Crippen molar-refractivity contribution in [1.29, 1.82) is 0 Å². The second-order valence-electron chi connectivity index (χ2n) is 2.34. The van der Waals surface area contributed by atoms with E-state index in [1.807, 2.05) is 0 Å². The van der Waals surface area contributed by atoms with E-state index in [-0.39, 0.29) is 5.82 Å². The van der Waals surface area contributed by atoms with Gasteiger partial charge in [-0.25, -0.2) is 4.39 Å². The molecule has 0 spiro atoms. The van der Waals surface area contributed by atoms with Crippen LogP contribution in [0.15, 0.2) is 17.5 Å². The second kappa shape index (κ2) is 2.87. The largest absolute Gasteiger partial charge is 0.207 e. The zero-order valence-electron chi connectivity index (χ0n) is 5.77. The molecule has 2 aromatic rings. The molecule has 0 aliphatic carbocycles. The fourth-order valence-electron chi connectivity index (χ4n) is 1.05. The van der Waals surface area contributed by atoms with Gasteiger partial charge in [-0.15, -0.1) is 11.3 Å². The van der Waals surface area contributed by atoms with Gasteiger partial charge in [-0.3, -0.25) is 0 Å². The highest BCUT2D eigenvalue weighted by atomic mass is 35.5. The summed E-state index contributed by atoms with van der Waals surface area (Å²) in [5.41, 5.74) is 0. The molecule has 0 saturated carbocycles. The average Bonchev–Trinajstić information content (AvgIpc) is 2.31. The number of hydrogen-bond donors (Lipinski definition) is 0. The number of hydrogen-bond acceptors (Lipinski definition) is 1. The van der Waals surface area contributed by atoms with E-state index >= 15 is 0 Å². The lowest BCUT2D eigenvalue weighted by atomic mass is 10.2. The van der Waals surface area contributed by atoms with E-state index in [4.69, 9.17) is 23.2 Å². The van der Waals surface area contributed by atoms with Gasteiger partial charge in [-0.1, -0.05) is 23.2 Å². The smallest absolute Gasteiger partial charge is 0.126 e. The fraction of sp³-hybridized carbons (Fsp3) is 0. The molecule has 0 radical (unpaired) electrons. The van der Waals surface area contributed by atoms with Gasteiger partial charge in [0.1, 0.15) is 5.82 Å². The van der Waals surface area contributed by atoms with Gasteiger partial charge in [0.2, 0.25) is 0 Å². The third kappa shape index (κ3) is 1.20. The number of benzene rings is 1. The lowest BCUT2D eigenvalue weighted by Gasteiger charge is -1.94. The predicted molar refractivity (Wildman–Crippen MR) is 51.8 cm³/mol. The highest BCUT2D eigenvalue weighted by molar-refractivity contribution is 7.18. The summed E-state index contributed by atoms with van der Waals surface area (Å²) in [6.07, 6.45) is 0. The molecule has 0 N–H and O–H groups in total. The molecule has 0 nitrogen and oxygen atoms in total. The van der Waals surface area contributed by atoms with E-state index in [0.717, 1.165) is 10.1 Å². The summed E-state index contributed by atoms with van der Waals surface area (Å²) in [5.74, 6) is -0.328. The molecule has 0 unspecified atom stereocenters. The Morgan fingerprint density at radius 1 is 1.17 bits per heavy atom. The van der Waals surface area contributed by atoms with Crippen LogP contribution in [0.3, 0.4) is 0 Å². The number of fused-ring (bicyclic) bond motifs is 1. The van der Waals surface area contributed by atoms with Crippen molar-refractivity contribution >= 4 is 44.6 Å². The van der Waals surface area contributed by atoms with Crippen LogP contribution in [-0.2, 0) is 0 Å². The van der Waals surface area contributed by atoms with Crippen LogP contribution < -0.4 is 0 Å². The van der Waals surface area contributed by atoms with E-state index in [1.165, 1.54) is 23.5 Å². The minimum Gasteiger partial charge on any atom is -0.207 e. The maximum absolute atomic E-state index is 12.8. The molecular weight excluding hydrogens is 218 g/mol. The van der Waals surface area contributed by atoms with Crippen molar-refractivity contribution in [2.75, 3.05) is 0 Å². The maximum Gasteiger partial charge on any atom is 0.126 e. The van der Waals surface area contributed by atoms with Crippen molar-refractivity contribution in [2.45, 2.75) is 0 Å².